The van der Waals surface area contributed by atoms with Crippen LogP contribution in [0.4, 0.5) is 0 Å². The van der Waals surface area contributed by atoms with Crippen molar-refractivity contribution >= 4 is 23.2 Å². The minimum Gasteiger partial charge on any atom is -0.322 e. The Hall–Kier alpha value is -1.03. The van der Waals surface area contributed by atoms with Crippen LogP contribution in [-0.2, 0) is 0 Å². The third-order valence-corrected chi connectivity index (χ3v) is 3.43. The maximum Gasteiger partial charge on any atom is 0.0995 e. The van der Waals surface area contributed by atoms with Gasteiger partial charge in [-0.2, -0.15) is 0 Å². The molecule has 2 N–H and O–H groups in total. The SMILES string of the molecule is CC(C)C(N)c1cncn1-c1ccc(Cl)cc1Cl. The van der Waals surface area contributed by atoms with Crippen LogP contribution < -0.4 is 5.73 Å². The summed E-state index contributed by atoms with van der Waals surface area (Å²) in [7, 11) is 0. The van der Waals surface area contributed by atoms with Crippen LogP contribution in [0.3, 0.4) is 0 Å². The highest BCUT2D eigenvalue weighted by molar-refractivity contribution is 6.35. The van der Waals surface area contributed by atoms with Crippen molar-refractivity contribution in [1.29, 1.82) is 0 Å². The molecule has 0 aliphatic carbocycles. The molecule has 2 aromatic rings. The molecule has 0 saturated heterocycles. The first kappa shape index (κ1) is 13.4. The van der Waals surface area contributed by atoms with Crippen LogP contribution in [0.2, 0.25) is 10.0 Å². The predicted octanol–water partition coefficient (Wildman–Crippen LogP) is 3.83. The molecule has 0 bridgehead atoms. The van der Waals surface area contributed by atoms with Gasteiger partial charge in [-0.3, -0.25) is 0 Å². The van der Waals surface area contributed by atoms with E-state index in [1.807, 2.05) is 10.6 Å². The standard InChI is InChI=1S/C13H15Cl2N3/c1-8(2)13(16)12-6-17-7-18(12)11-4-3-9(14)5-10(11)15/h3-8,13H,16H2,1-2H3. The van der Waals surface area contributed by atoms with Gasteiger partial charge in [0.05, 0.1) is 28.9 Å². The molecule has 1 heterocycles. The zero-order valence-electron chi connectivity index (χ0n) is 10.3. The molecule has 3 nitrogen and oxygen atoms in total. The van der Waals surface area contributed by atoms with Gasteiger partial charge in [-0.15, -0.1) is 0 Å². The van der Waals surface area contributed by atoms with E-state index in [2.05, 4.69) is 18.8 Å². The molecule has 2 rings (SSSR count). The second-order valence-corrected chi connectivity index (χ2v) is 5.40. The van der Waals surface area contributed by atoms with Gasteiger partial charge in [-0.05, 0) is 24.1 Å². The van der Waals surface area contributed by atoms with E-state index in [1.165, 1.54) is 0 Å². The Morgan fingerprint density at radius 3 is 2.61 bits per heavy atom. The van der Waals surface area contributed by atoms with E-state index < -0.39 is 0 Å². The van der Waals surface area contributed by atoms with E-state index in [0.717, 1.165) is 11.4 Å². The van der Waals surface area contributed by atoms with E-state index in [9.17, 15) is 0 Å². The van der Waals surface area contributed by atoms with Gasteiger partial charge in [0.15, 0.2) is 0 Å². The third kappa shape index (κ3) is 2.53. The van der Waals surface area contributed by atoms with Gasteiger partial charge >= 0.3 is 0 Å². The lowest BCUT2D eigenvalue weighted by Crippen LogP contribution is -2.19. The van der Waals surface area contributed by atoms with Crippen molar-refractivity contribution in [3.05, 3.63) is 46.5 Å². The van der Waals surface area contributed by atoms with Crippen LogP contribution >= 0.6 is 23.2 Å². The van der Waals surface area contributed by atoms with E-state index in [1.54, 1.807) is 24.7 Å². The summed E-state index contributed by atoms with van der Waals surface area (Å²) in [5, 5.41) is 1.19. The summed E-state index contributed by atoms with van der Waals surface area (Å²) < 4.78 is 1.91. The third-order valence-electron chi connectivity index (χ3n) is 2.90. The van der Waals surface area contributed by atoms with E-state index in [4.69, 9.17) is 28.9 Å². The number of imidazole rings is 1. The summed E-state index contributed by atoms with van der Waals surface area (Å²) in [5.74, 6) is 0.325. The monoisotopic (exact) mass is 283 g/mol. The number of hydrogen-bond acceptors (Lipinski definition) is 2. The zero-order valence-corrected chi connectivity index (χ0v) is 11.8. The largest absolute Gasteiger partial charge is 0.322 e. The number of nitrogens with two attached hydrogens (primary N) is 1. The first-order valence-electron chi connectivity index (χ1n) is 5.74. The fourth-order valence-corrected chi connectivity index (χ4v) is 2.27. The molecule has 1 atom stereocenters. The molecule has 1 unspecified atom stereocenters. The first-order chi connectivity index (χ1) is 8.50. The molecule has 18 heavy (non-hydrogen) atoms. The van der Waals surface area contributed by atoms with E-state index in [-0.39, 0.29) is 6.04 Å². The van der Waals surface area contributed by atoms with Crippen LogP contribution in [-0.4, -0.2) is 9.55 Å². The Morgan fingerprint density at radius 2 is 2.00 bits per heavy atom. The van der Waals surface area contributed by atoms with Gasteiger partial charge < -0.3 is 10.3 Å². The lowest BCUT2D eigenvalue weighted by molar-refractivity contribution is 0.497. The van der Waals surface area contributed by atoms with Crippen LogP contribution in [0.25, 0.3) is 5.69 Å². The van der Waals surface area contributed by atoms with Gasteiger partial charge in [-0.25, -0.2) is 4.98 Å². The maximum absolute atomic E-state index is 6.20. The summed E-state index contributed by atoms with van der Waals surface area (Å²) >= 11 is 12.1. The fourth-order valence-electron chi connectivity index (χ4n) is 1.77. The lowest BCUT2D eigenvalue weighted by Gasteiger charge is -2.18. The minimum absolute atomic E-state index is 0.0840. The van der Waals surface area contributed by atoms with Crippen LogP contribution in [0, 0.1) is 5.92 Å². The van der Waals surface area contributed by atoms with Gasteiger partial charge in [0.1, 0.15) is 0 Å². The van der Waals surface area contributed by atoms with Crippen molar-refractivity contribution in [1.82, 2.24) is 9.55 Å². The Balaban J connectivity index is 2.49. The van der Waals surface area contributed by atoms with Gasteiger partial charge in [0.25, 0.3) is 0 Å². The predicted molar refractivity (Wildman–Crippen MR) is 75.4 cm³/mol. The number of halogens is 2. The fraction of sp³-hybridized carbons (Fsp3) is 0.308. The number of rotatable bonds is 3. The van der Waals surface area contributed by atoms with Crippen LogP contribution in [0.1, 0.15) is 25.6 Å². The van der Waals surface area contributed by atoms with Gasteiger partial charge in [-0.1, -0.05) is 37.0 Å². The second-order valence-electron chi connectivity index (χ2n) is 4.55. The summed E-state index contributed by atoms with van der Waals surface area (Å²) in [5.41, 5.74) is 7.95. The van der Waals surface area contributed by atoms with Gasteiger partial charge in [0.2, 0.25) is 0 Å². The summed E-state index contributed by atoms with van der Waals surface area (Å²) in [4.78, 5) is 4.16. The normalized spacial score (nSPS) is 13.0. The molecular weight excluding hydrogens is 269 g/mol. The smallest absolute Gasteiger partial charge is 0.0995 e. The van der Waals surface area contributed by atoms with Crippen LogP contribution in [0.15, 0.2) is 30.7 Å². The van der Waals surface area contributed by atoms with Crippen molar-refractivity contribution in [2.45, 2.75) is 19.9 Å². The van der Waals surface area contributed by atoms with E-state index >= 15 is 0 Å². The molecule has 96 valence electrons. The molecule has 0 amide bonds. The van der Waals surface area contributed by atoms with Crippen molar-refractivity contribution in [2.75, 3.05) is 0 Å². The Bertz CT molecular complexity index is 549. The highest BCUT2D eigenvalue weighted by atomic mass is 35.5. The number of nitrogens with zero attached hydrogens (tertiary/aromatic N) is 2. The molecule has 0 radical (unpaired) electrons. The summed E-state index contributed by atoms with van der Waals surface area (Å²) in [6, 6.07) is 5.29. The molecule has 0 fully saturated rings. The summed E-state index contributed by atoms with van der Waals surface area (Å²) in [6.45, 7) is 4.15. The zero-order chi connectivity index (χ0) is 13.3. The quantitative estimate of drug-likeness (QED) is 0.930. The average molecular weight is 284 g/mol. The molecule has 0 aliphatic rings. The molecule has 0 aliphatic heterocycles. The Kier molecular flexibility index (Phi) is 3.95. The number of aromatic nitrogens is 2. The second kappa shape index (κ2) is 5.31. The summed E-state index contributed by atoms with van der Waals surface area (Å²) in [6.07, 6.45) is 3.49. The minimum atomic E-state index is -0.0840. The topological polar surface area (TPSA) is 43.8 Å². The van der Waals surface area contributed by atoms with E-state index in [0.29, 0.717) is 16.0 Å². The Morgan fingerprint density at radius 1 is 1.28 bits per heavy atom. The lowest BCUT2D eigenvalue weighted by atomic mass is 10.0. The number of hydrogen-bond donors (Lipinski definition) is 1. The Labute approximate surface area is 117 Å². The van der Waals surface area contributed by atoms with Crippen molar-refractivity contribution in [2.24, 2.45) is 11.7 Å². The van der Waals surface area contributed by atoms with Crippen molar-refractivity contribution in [3.63, 3.8) is 0 Å². The van der Waals surface area contributed by atoms with Crippen molar-refractivity contribution in [3.8, 4) is 5.69 Å². The van der Waals surface area contributed by atoms with Gasteiger partial charge in [0, 0.05) is 11.1 Å². The first-order valence-corrected chi connectivity index (χ1v) is 6.49. The average Bonchev–Trinajstić information content (AvgIpc) is 2.76. The molecule has 1 aromatic heterocycles. The highest BCUT2D eigenvalue weighted by Crippen LogP contribution is 2.28. The molecular formula is C13H15Cl2N3. The maximum atomic E-state index is 6.20. The number of benzene rings is 1. The molecule has 5 heteroatoms. The highest BCUT2D eigenvalue weighted by Gasteiger charge is 2.17. The molecule has 0 spiro atoms. The van der Waals surface area contributed by atoms with Crippen molar-refractivity contribution < 1.29 is 0 Å². The van der Waals surface area contributed by atoms with Crippen LogP contribution in [0.5, 0.6) is 0 Å². The molecule has 1 aromatic carbocycles. The molecule has 0 saturated carbocycles.